The lowest BCUT2D eigenvalue weighted by Crippen LogP contribution is -2.48. The Kier molecular flexibility index (Phi) is 4.92. The number of hydrogen-bond donors (Lipinski definition) is 2. The molecule has 0 radical (unpaired) electrons. The van der Waals surface area contributed by atoms with Gasteiger partial charge in [-0.3, -0.25) is 14.9 Å². The Balaban J connectivity index is 2.06. The summed E-state index contributed by atoms with van der Waals surface area (Å²) in [7, 11) is 0. The van der Waals surface area contributed by atoms with Gasteiger partial charge in [-0.15, -0.1) is 0 Å². The largest absolute Gasteiger partial charge is 0.371 e. The fourth-order valence-corrected chi connectivity index (χ4v) is 2.19. The van der Waals surface area contributed by atoms with Gasteiger partial charge in [0, 0.05) is 26.2 Å². The van der Waals surface area contributed by atoms with Gasteiger partial charge in [-0.05, 0) is 6.07 Å². The first-order valence-electron chi connectivity index (χ1n) is 6.35. The van der Waals surface area contributed by atoms with Crippen LogP contribution in [0.4, 0.5) is 15.8 Å². The van der Waals surface area contributed by atoms with E-state index in [1.165, 1.54) is 0 Å². The third-order valence-electron chi connectivity index (χ3n) is 3.14. The fraction of sp³-hybridized carbons (Fsp3) is 0.417. The van der Waals surface area contributed by atoms with Gasteiger partial charge in [-0.2, -0.15) is 0 Å². The molecule has 1 aromatic carbocycles. The summed E-state index contributed by atoms with van der Waals surface area (Å²) in [5, 5.41) is 16.4. The van der Waals surface area contributed by atoms with Gasteiger partial charge in [0.2, 0.25) is 5.91 Å². The molecular formula is C12H14ClFN4O3. The zero-order chi connectivity index (χ0) is 15.4. The number of nitro groups is 1. The van der Waals surface area contributed by atoms with E-state index >= 15 is 0 Å². The Bertz CT molecular complexity index is 564. The third-order valence-corrected chi connectivity index (χ3v) is 3.42. The molecule has 2 N–H and O–H groups in total. The molecule has 1 fully saturated rings. The summed E-state index contributed by atoms with van der Waals surface area (Å²) >= 11 is 5.61. The van der Waals surface area contributed by atoms with E-state index in [2.05, 4.69) is 10.6 Å². The van der Waals surface area contributed by atoms with E-state index in [0.29, 0.717) is 26.2 Å². The van der Waals surface area contributed by atoms with E-state index in [9.17, 15) is 19.3 Å². The number of anilines is 1. The number of nitrogens with zero attached hydrogens (tertiary/aromatic N) is 2. The van der Waals surface area contributed by atoms with Crippen molar-refractivity contribution in [3.8, 4) is 0 Å². The van der Waals surface area contributed by atoms with E-state index in [1.54, 1.807) is 4.90 Å². The molecule has 1 aromatic rings. The highest BCUT2D eigenvalue weighted by atomic mass is 35.5. The molecule has 1 saturated heterocycles. The monoisotopic (exact) mass is 316 g/mol. The van der Waals surface area contributed by atoms with Gasteiger partial charge >= 0.3 is 0 Å². The number of carbonyl (C=O) groups excluding carboxylic acids is 1. The summed E-state index contributed by atoms with van der Waals surface area (Å²) < 4.78 is 13.3. The number of rotatable bonds is 4. The fourth-order valence-electron chi connectivity index (χ4n) is 2.03. The molecule has 0 spiro atoms. The molecule has 114 valence electrons. The molecule has 9 heteroatoms. The summed E-state index contributed by atoms with van der Waals surface area (Å²) in [6.45, 7) is 2.50. The molecule has 0 unspecified atom stereocenters. The van der Waals surface area contributed by atoms with Crippen LogP contribution in [0.2, 0.25) is 5.02 Å². The maximum absolute atomic E-state index is 13.3. The third kappa shape index (κ3) is 3.79. The lowest BCUT2D eigenvalue weighted by molar-refractivity contribution is -0.384. The quantitative estimate of drug-likeness (QED) is 0.644. The van der Waals surface area contributed by atoms with Gasteiger partial charge in [0.05, 0.1) is 22.6 Å². The molecule has 1 aliphatic rings. The van der Waals surface area contributed by atoms with Crippen LogP contribution in [0.25, 0.3) is 0 Å². The van der Waals surface area contributed by atoms with Crippen molar-refractivity contribution in [2.45, 2.75) is 0 Å². The van der Waals surface area contributed by atoms with Crippen LogP contribution >= 0.6 is 11.6 Å². The first-order valence-corrected chi connectivity index (χ1v) is 6.72. The number of nitro benzene ring substituents is 1. The predicted molar refractivity (Wildman–Crippen MR) is 76.0 cm³/mol. The number of amides is 1. The first-order chi connectivity index (χ1) is 9.99. The second-order valence-electron chi connectivity index (χ2n) is 4.52. The number of piperazine rings is 1. The number of carbonyl (C=O) groups is 1. The van der Waals surface area contributed by atoms with Crippen molar-refractivity contribution in [2.24, 2.45) is 0 Å². The minimum Gasteiger partial charge on any atom is -0.371 e. The van der Waals surface area contributed by atoms with Crippen LogP contribution in [0.1, 0.15) is 0 Å². The van der Waals surface area contributed by atoms with Crippen molar-refractivity contribution in [3.63, 3.8) is 0 Å². The molecule has 0 aliphatic carbocycles. The van der Waals surface area contributed by atoms with Crippen LogP contribution in [0.3, 0.4) is 0 Å². The smallest absolute Gasteiger partial charge is 0.295 e. The van der Waals surface area contributed by atoms with Crippen molar-refractivity contribution in [3.05, 3.63) is 33.1 Å². The number of nitrogens with one attached hydrogen (secondary N) is 2. The van der Waals surface area contributed by atoms with Crippen molar-refractivity contribution in [1.82, 2.24) is 10.2 Å². The highest BCUT2D eigenvalue weighted by molar-refractivity contribution is 6.31. The Morgan fingerprint density at radius 2 is 2.14 bits per heavy atom. The number of halogens is 2. The van der Waals surface area contributed by atoms with Gasteiger partial charge < -0.3 is 15.5 Å². The minimum atomic E-state index is -0.873. The topological polar surface area (TPSA) is 87.5 Å². The summed E-state index contributed by atoms with van der Waals surface area (Å²) in [6.07, 6.45) is 0. The van der Waals surface area contributed by atoms with E-state index in [0.717, 1.165) is 12.1 Å². The van der Waals surface area contributed by atoms with Gasteiger partial charge in [-0.25, -0.2) is 4.39 Å². The maximum atomic E-state index is 13.3. The standard InChI is InChI=1S/C12H14ClFN4O3/c13-8-5-10(11(18(20)21)6-9(8)14)16-7-12(19)17-3-1-15-2-4-17/h5-6,15-16H,1-4,7H2. The lowest BCUT2D eigenvalue weighted by atomic mass is 10.2. The Morgan fingerprint density at radius 3 is 2.76 bits per heavy atom. The van der Waals surface area contributed by atoms with Crippen molar-refractivity contribution in [1.29, 1.82) is 0 Å². The van der Waals surface area contributed by atoms with Crippen LogP contribution < -0.4 is 10.6 Å². The SMILES string of the molecule is O=C(CNc1cc(Cl)c(F)cc1[N+](=O)[O-])N1CCNCC1. The van der Waals surface area contributed by atoms with Crippen LogP contribution in [0, 0.1) is 15.9 Å². The predicted octanol–water partition coefficient (Wildman–Crippen LogP) is 1.23. The van der Waals surface area contributed by atoms with E-state index < -0.39 is 16.4 Å². The zero-order valence-corrected chi connectivity index (χ0v) is 11.8. The summed E-state index contributed by atoms with van der Waals surface area (Å²) in [5.74, 6) is -1.05. The molecule has 0 aromatic heterocycles. The molecular weight excluding hydrogens is 303 g/mol. The van der Waals surface area contributed by atoms with E-state index in [4.69, 9.17) is 11.6 Å². The van der Waals surface area contributed by atoms with Crippen molar-refractivity contribution >= 4 is 28.9 Å². The van der Waals surface area contributed by atoms with E-state index in [1.807, 2.05) is 0 Å². The Morgan fingerprint density at radius 1 is 1.48 bits per heavy atom. The molecule has 1 heterocycles. The minimum absolute atomic E-state index is 0.0230. The summed E-state index contributed by atoms with van der Waals surface area (Å²) in [6, 6.07) is 1.85. The maximum Gasteiger partial charge on any atom is 0.295 e. The van der Waals surface area contributed by atoms with Gasteiger partial charge in [0.15, 0.2) is 0 Å². The van der Waals surface area contributed by atoms with Gasteiger partial charge in [0.1, 0.15) is 11.5 Å². The van der Waals surface area contributed by atoms with Crippen LogP contribution in [0.15, 0.2) is 12.1 Å². The van der Waals surface area contributed by atoms with Gasteiger partial charge in [-0.1, -0.05) is 11.6 Å². The molecule has 0 bridgehead atoms. The number of hydrogen-bond acceptors (Lipinski definition) is 5. The highest BCUT2D eigenvalue weighted by Crippen LogP contribution is 2.30. The second kappa shape index (κ2) is 6.68. The molecule has 2 rings (SSSR count). The normalized spacial score (nSPS) is 14.9. The van der Waals surface area contributed by atoms with Crippen LogP contribution in [0.5, 0.6) is 0 Å². The molecule has 0 saturated carbocycles. The summed E-state index contributed by atoms with van der Waals surface area (Å²) in [5.41, 5.74) is -0.431. The van der Waals surface area contributed by atoms with Gasteiger partial charge in [0.25, 0.3) is 5.69 Å². The molecule has 0 atom stereocenters. The molecule has 1 aliphatic heterocycles. The molecule has 21 heavy (non-hydrogen) atoms. The zero-order valence-electron chi connectivity index (χ0n) is 11.1. The van der Waals surface area contributed by atoms with Crippen molar-refractivity contribution < 1.29 is 14.1 Å². The molecule has 7 nitrogen and oxygen atoms in total. The second-order valence-corrected chi connectivity index (χ2v) is 4.93. The van der Waals surface area contributed by atoms with E-state index in [-0.39, 0.29) is 23.2 Å². The van der Waals surface area contributed by atoms with Crippen LogP contribution in [-0.2, 0) is 4.79 Å². The van der Waals surface area contributed by atoms with Crippen molar-refractivity contribution in [2.75, 3.05) is 38.0 Å². The van der Waals surface area contributed by atoms with Crippen LogP contribution in [-0.4, -0.2) is 48.5 Å². The first kappa shape index (κ1) is 15.5. The molecule has 1 amide bonds. The summed E-state index contributed by atoms with van der Waals surface area (Å²) in [4.78, 5) is 23.8. The Labute approximate surface area is 125 Å². The Hall–Kier alpha value is -1.93. The number of benzene rings is 1. The highest BCUT2D eigenvalue weighted by Gasteiger charge is 2.20. The average Bonchev–Trinajstić information content (AvgIpc) is 2.48. The lowest BCUT2D eigenvalue weighted by Gasteiger charge is -2.27. The average molecular weight is 317 g/mol.